The second-order valence-corrected chi connectivity index (χ2v) is 4.02. The summed E-state index contributed by atoms with van der Waals surface area (Å²) in [6.07, 6.45) is 2.01. The van der Waals surface area contributed by atoms with E-state index >= 15 is 0 Å². The summed E-state index contributed by atoms with van der Waals surface area (Å²) < 4.78 is 15.2. The average molecular weight is 206 g/mol. The number of hydrogen-bond donors (Lipinski definition) is 1. The summed E-state index contributed by atoms with van der Waals surface area (Å²) in [4.78, 5) is 0. The summed E-state index contributed by atoms with van der Waals surface area (Å²) in [5, 5.41) is 1.05. The third-order valence-corrected chi connectivity index (χ3v) is 2.66. The number of hydrogen-bond acceptors (Lipinski definition) is 1. The molecule has 0 saturated carbocycles. The summed E-state index contributed by atoms with van der Waals surface area (Å²) in [5.41, 5.74) is 7.65. The fourth-order valence-corrected chi connectivity index (χ4v) is 1.89. The number of aromatic nitrogens is 1. The van der Waals surface area contributed by atoms with E-state index in [-0.39, 0.29) is 5.82 Å². The molecule has 1 aromatic carbocycles. The van der Waals surface area contributed by atoms with Crippen molar-refractivity contribution in [3.8, 4) is 0 Å². The number of rotatable bonds is 2. The number of nitrogens with zero attached hydrogens (tertiary/aromatic N) is 1. The Bertz CT molecular complexity index is 486. The van der Waals surface area contributed by atoms with Crippen molar-refractivity contribution in [1.29, 1.82) is 0 Å². The third kappa shape index (κ3) is 1.63. The maximum Gasteiger partial charge on any atom is 0.125 e. The second kappa shape index (κ2) is 3.66. The van der Waals surface area contributed by atoms with Crippen molar-refractivity contribution in [1.82, 2.24) is 4.57 Å². The molecule has 0 aliphatic rings. The van der Waals surface area contributed by atoms with E-state index in [4.69, 9.17) is 5.73 Å². The molecule has 0 amide bonds. The smallest absolute Gasteiger partial charge is 0.125 e. The van der Waals surface area contributed by atoms with Crippen molar-refractivity contribution < 1.29 is 4.39 Å². The molecule has 0 aliphatic carbocycles. The van der Waals surface area contributed by atoms with Crippen LogP contribution in [0.25, 0.3) is 10.9 Å². The van der Waals surface area contributed by atoms with E-state index in [0.717, 1.165) is 16.5 Å². The van der Waals surface area contributed by atoms with Gasteiger partial charge in [-0.05, 0) is 37.6 Å². The molecular formula is C12H15FN2. The quantitative estimate of drug-likeness (QED) is 0.804. The predicted molar refractivity (Wildman–Crippen MR) is 60.2 cm³/mol. The highest BCUT2D eigenvalue weighted by Crippen LogP contribution is 2.25. The van der Waals surface area contributed by atoms with Crippen LogP contribution in [0.3, 0.4) is 0 Å². The maximum atomic E-state index is 13.1. The van der Waals surface area contributed by atoms with Crippen LogP contribution in [0.4, 0.5) is 4.39 Å². The second-order valence-electron chi connectivity index (χ2n) is 4.02. The molecule has 2 rings (SSSR count). The van der Waals surface area contributed by atoms with Crippen LogP contribution < -0.4 is 5.73 Å². The van der Waals surface area contributed by atoms with E-state index < -0.39 is 0 Å². The molecule has 15 heavy (non-hydrogen) atoms. The highest BCUT2D eigenvalue weighted by Gasteiger charge is 2.09. The minimum absolute atomic E-state index is 0.203. The molecule has 0 spiro atoms. The lowest BCUT2D eigenvalue weighted by Gasteiger charge is -2.08. The lowest BCUT2D eigenvalue weighted by Crippen LogP contribution is -1.99. The molecule has 2 aromatic rings. The maximum absolute atomic E-state index is 13.1. The van der Waals surface area contributed by atoms with Crippen LogP contribution in [-0.4, -0.2) is 4.57 Å². The predicted octanol–water partition coefficient (Wildman–Crippen LogP) is 2.82. The molecule has 1 heterocycles. The highest BCUT2D eigenvalue weighted by atomic mass is 19.1. The summed E-state index contributed by atoms with van der Waals surface area (Å²) in [6, 6.07) is 5.15. The zero-order chi connectivity index (χ0) is 11.0. The van der Waals surface area contributed by atoms with Gasteiger partial charge in [-0.15, -0.1) is 0 Å². The average Bonchev–Trinajstić information content (AvgIpc) is 2.55. The van der Waals surface area contributed by atoms with Gasteiger partial charge < -0.3 is 10.3 Å². The number of benzene rings is 1. The van der Waals surface area contributed by atoms with E-state index in [2.05, 4.69) is 18.4 Å². The summed E-state index contributed by atoms with van der Waals surface area (Å²) >= 11 is 0. The Morgan fingerprint density at radius 3 is 2.73 bits per heavy atom. The van der Waals surface area contributed by atoms with Crippen molar-refractivity contribution in [2.24, 2.45) is 5.73 Å². The molecule has 3 heteroatoms. The fourth-order valence-electron chi connectivity index (χ4n) is 1.89. The van der Waals surface area contributed by atoms with Gasteiger partial charge in [-0.2, -0.15) is 0 Å². The van der Waals surface area contributed by atoms with Crippen LogP contribution >= 0.6 is 0 Å². The molecule has 1 aromatic heterocycles. The number of nitrogens with two attached hydrogens (primary N) is 1. The van der Waals surface area contributed by atoms with E-state index in [1.807, 2.05) is 6.20 Å². The highest BCUT2D eigenvalue weighted by molar-refractivity contribution is 5.84. The Labute approximate surface area is 88.5 Å². The van der Waals surface area contributed by atoms with Gasteiger partial charge in [-0.25, -0.2) is 4.39 Å². The van der Waals surface area contributed by atoms with Gasteiger partial charge in [0, 0.05) is 24.2 Å². The van der Waals surface area contributed by atoms with Crippen LogP contribution in [0, 0.1) is 5.82 Å². The van der Waals surface area contributed by atoms with Crippen molar-refractivity contribution in [2.45, 2.75) is 26.4 Å². The molecule has 0 unspecified atom stereocenters. The van der Waals surface area contributed by atoms with Crippen molar-refractivity contribution in [2.75, 3.05) is 0 Å². The molecule has 0 saturated heterocycles. The Kier molecular flexibility index (Phi) is 2.49. The van der Waals surface area contributed by atoms with Crippen LogP contribution in [0.5, 0.6) is 0 Å². The zero-order valence-corrected chi connectivity index (χ0v) is 9.00. The van der Waals surface area contributed by atoms with Gasteiger partial charge in [-0.3, -0.25) is 0 Å². The minimum atomic E-state index is -0.203. The molecule has 2 nitrogen and oxygen atoms in total. The lowest BCUT2D eigenvalue weighted by atomic mass is 10.2. The van der Waals surface area contributed by atoms with Gasteiger partial charge in [0.1, 0.15) is 5.82 Å². The van der Waals surface area contributed by atoms with E-state index in [0.29, 0.717) is 12.6 Å². The number of halogens is 1. The first-order chi connectivity index (χ1) is 7.13. The summed E-state index contributed by atoms with van der Waals surface area (Å²) in [7, 11) is 0. The first-order valence-electron chi connectivity index (χ1n) is 5.12. The molecule has 0 radical (unpaired) electrons. The largest absolute Gasteiger partial charge is 0.345 e. The molecule has 80 valence electrons. The van der Waals surface area contributed by atoms with Crippen molar-refractivity contribution in [3.63, 3.8) is 0 Å². The molecule has 2 N–H and O–H groups in total. The monoisotopic (exact) mass is 206 g/mol. The molecule has 0 bridgehead atoms. The zero-order valence-electron chi connectivity index (χ0n) is 9.00. The van der Waals surface area contributed by atoms with Crippen LogP contribution in [0.1, 0.15) is 25.5 Å². The molecule has 0 fully saturated rings. The minimum Gasteiger partial charge on any atom is -0.345 e. The Morgan fingerprint density at radius 1 is 1.40 bits per heavy atom. The van der Waals surface area contributed by atoms with Crippen molar-refractivity contribution in [3.05, 3.63) is 35.8 Å². The Balaban J connectivity index is 2.76. The van der Waals surface area contributed by atoms with Crippen LogP contribution in [0.15, 0.2) is 24.4 Å². The van der Waals surface area contributed by atoms with Gasteiger partial charge in [0.25, 0.3) is 0 Å². The normalized spacial score (nSPS) is 11.5. The lowest BCUT2D eigenvalue weighted by molar-refractivity contribution is 0.610. The Hall–Kier alpha value is -1.35. The standard InChI is InChI=1S/C12H15FN2/c1-8(2)15-7-9(6-14)11-4-3-10(13)5-12(11)15/h3-5,7-8H,6,14H2,1-2H3. The fraction of sp³-hybridized carbons (Fsp3) is 0.333. The van der Waals surface area contributed by atoms with E-state index in [1.165, 1.54) is 6.07 Å². The Morgan fingerprint density at radius 2 is 2.13 bits per heavy atom. The van der Waals surface area contributed by atoms with Gasteiger partial charge in [0.15, 0.2) is 0 Å². The van der Waals surface area contributed by atoms with Gasteiger partial charge in [0.05, 0.1) is 5.52 Å². The molecular weight excluding hydrogens is 191 g/mol. The van der Waals surface area contributed by atoms with Gasteiger partial charge in [-0.1, -0.05) is 0 Å². The van der Waals surface area contributed by atoms with Crippen LogP contribution in [0.2, 0.25) is 0 Å². The van der Waals surface area contributed by atoms with Gasteiger partial charge in [0.2, 0.25) is 0 Å². The summed E-state index contributed by atoms with van der Waals surface area (Å²) in [6.45, 7) is 4.64. The van der Waals surface area contributed by atoms with Crippen molar-refractivity contribution >= 4 is 10.9 Å². The SMILES string of the molecule is CC(C)n1cc(CN)c2ccc(F)cc21. The third-order valence-electron chi connectivity index (χ3n) is 2.66. The van der Waals surface area contributed by atoms with E-state index in [9.17, 15) is 4.39 Å². The first kappa shape index (κ1) is 10.2. The number of fused-ring (bicyclic) bond motifs is 1. The molecule has 0 aliphatic heterocycles. The van der Waals surface area contributed by atoms with Crippen LogP contribution in [-0.2, 0) is 6.54 Å². The van der Waals surface area contributed by atoms with E-state index in [1.54, 1.807) is 12.1 Å². The summed E-state index contributed by atoms with van der Waals surface area (Å²) in [5.74, 6) is -0.203. The topological polar surface area (TPSA) is 30.9 Å². The molecule has 0 atom stereocenters. The van der Waals surface area contributed by atoms with Gasteiger partial charge >= 0.3 is 0 Å². The first-order valence-corrected chi connectivity index (χ1v) is 5.12.